The summed E-state index contributed by atoms with van der Waals surface area (Å²) in [6.07, 6.45) is -4.19. The topological polar surface area (TPSA) is 78.3 Å². The van der Waals surface area contributed by atoms with E-state index >= 15 is 0 Å². The lowest BCUT2D eigenvalue weighted by Gasteiger charge is -2.22. The number of benzene rings is 2. The molecule has 1 amide bonds. The number of nitrogens with one attached hydrogen (secondary N) is 2. The van der Waals surface area contributed by atoms with Crippen molar-refractivity contribution < 1.29 is 22.4 Å². The van der Waals surface area contributed by atoms with Crippen molar-refractivity contribution in [3.05, 3.63) is 58.6 Å². The van der Waals surface area contributed by atoms with E-state index in [1.165, 1.54) is 18.2 Å². The third-order valence-electron chi connectivity index (χ3n) is 4.47. The number of fused-ring (bicyclic) bond motifs is 1. The number of alkyl halides is 3. The Bertz CT molecular complexity index is 1070. The highest BCUT2D eigenvalue weighted by atomic mass is 19.4. The fraction of sp³-hybridized carbons (Fsp3) is 0.222. The van der Waals surface area contributed by atoms with Gasteiger partial charge in [0.15, 0.2) is 5.58 Å². The van der Waals surface area contributed by atoms with E-state index in [-0.39, 0.29) is 12.2 Å². The van der Waals surface area contributed by atoms with Gasteiger partial charge >= 0.3 is 11.9 Å². The normalized spacial score (nSPS) is 17.7. The summed E-state index contributed by atoms with van der Waals surface area (Å²) in [6.45, 7) is 0.175. The maximum atomic E-state index is 13.2. The van der Waals surface area contributed by atoms with Gasteiger partial charge < -0.3 is 14.6 Å². The number of amides is 1. The van der Waals surface area contributed by atoms with Crippen molar-refractivity contribution >= 4 is 28.4 Å². The van der Waals surface area contributed by atoms with Crippen molar-refractivity contribution in [2.75, 3.05) is 16.8 Å². The SMILES string of the molecule is O=C1C(Nc2ccc3oc(=O)[nH]c3c2)CCN1c1ccccc1C(F)(F)F. The fourth-order valence-corrected chi connectivity index (χ4v) is 3.24. The third kappa shape index (κ3) is 3.16. The van der Waals surface area contributed by atoms with E-state index in [4.69, 9.17) is 4.42 Å². The summed E-state index contributed by atoms with van der Waals surface area (Å²) in [7, 11) is 0. The molecule has 1 atom stereocenters. The molecule has 1 saturated heterocycles. The number of H-pyrrole nitrogens is 1. The number of aromatic amines is 1. The molecule has 0 radical (unpaired) electrons. The zero-order valence-corrected chi connectivity index (χ0v) is 13.8. The number of nitrogens with zero attached hydrogens (tertiary/aromatic N) is 1. The first-order chi connectivity index (χ1) is 12.8. The van der Waals surface area contributed by atoms with Crippen LogP contribution in [0.1, 0.15) is 12.0 Å². The Morgan fingerprint density at radius 2 is 1.93 bits per heavy atom. The second kappa shape index (κ2) is 6.19. The summed E-state index contributed by atoms with van der Waals surface area (Å²) in [5, 5.41) is 3.01. The van der Waals surface area contributed by atoms with E-state index in [9.17, 15) is 22.8 Å². The number of carbonyl (C=O) groups excluding carboxylic acids is 1. The zero-order chi connectivity index (χ0) is 19.2. The lowest BCUT2D eigenvalue weighted by Crippen LogP contribution is -2.34. The van der Waals surface area contributed by atoms with Gasteiger partial charge in [-0.3, -0.25) is 9.78 Å². The van der Waals surface area contributed by atoms with Crippen LogP contribution in [0.4, 0.5) is 24.5 Å². The van der Waals surface area contributed by atoms with Crippen molar-refractivity contribution in [1.29, 1.82) is 0 Å². The second-order valence-electron chi connectivity index (χ2n) is 6.22. The number of rotatable bonds is 3. The molecular formula is C18H14F3N3O3. The van der Waals surface area contributed by atoms with Gasteiger partial charge in [0, 0.05) is 12.2 Å². The highest BCUT2D eigenvalue weighted by molar-refractivity contribution is 6.01. The lowest BCUT2D eigenvalue weighted by atomic mass is 10.1. The zero-order valence-electron chi connectivity index (χ0n) is 13.8. The molecule has 0 bridgehead atoms. The summed E-state index contributed by atoms with van der Waals surface area (Å²) < 4.78 is 44.6. The molecule has 27 heavy (non-hydrogen) atoms. The van der Waals surface area contributed by atoms with Crippen LogP contribution in [0, 0.1) is 0 Å². The highest BCUT2D eigenvalue weighted by Gasteiger charge is 2.39. The van der Waals surface area contributed by atoms with Crippen LogP contribution >= 0.6 is 0 Å². The van der Waals surface area contributed by atoms with Gasteiger partial charge in [-0.05, 0) is 36.8 Å². The third-order valence-corrected chi connectivity index (χ3v) is 4.47. The molecule has 1 aliphatic rings. The Hall–Kier alpha value is -3.23. The smallest absolute Gasteiger partial charge is 0.408 e. The number of anilines is 2. The highest BCUT2D eigenvalue weighted by Crippen LogP contribution is 2.38. The molecule has 1 aromatic heterocycles. The minimum absolute atomic E-state index is 0.145. The van der Waals surface area contributed by atoms with E-state index in [2.05, 4.69) is 10.3 Å². The second-order valence-corrected chi connectivity index (χ2v) is 6.22. The molecule has 0 saturated carbocycles. The molecular weight excluding hydrogens is 363 g/mol. The standard InChI is InChI=1S/C18H14F3N3O3/c19-18(20,21)11-3-1-2-4-14(11)24-8-7-12(16(24)25)22-10-5-6-15-13(9-10)23-17(26)27-15/h1-6,9,12,22H,7-8H2,(H,23,26). The predicted molar refractivity (Wildman–Crippen MR) is 92.7 cm³/mol. The number of halogens is 3. The van der Waals surface area contributed by atoms with E-state index in [0.29, 0.717) is 23.2 Å². The van der Waals surface area contributed by atoms with Crippen molar-refractivity contribution in [3.63, 3.8) is 0 Å². The quantitative estimate of drug-likeness (QED) is 0.734. The molecule has 1 fully saturated rings. The maximum Gasteiger partial charge on any atom is 0.418 e. The Morgan fingerprint density at radius 3 is 2.70 bits per heavy atom. The summed E-state index contributed by atoms with van der Waals surface area (Å²) in [4.78, 5) is 27.6. The molecule has 2 N–H and O–H groups in total. The lowest BCUT2D eigenvalue weighted by molar-refractivity contribution is -0.137. The minimum atomic E-state index is -4.54. The van der Waals surface area contributed by atoms with Crippen molar-refractivity contribution in [1.82, 2.24) is 4.98 Å². The Labute approximate surface area is 150 Å². The van der Waals surface area contributed by atoms with E-state index in [0.717, 1.165) is 11.0 Å². The molecule has 1 aliphatic heterocycles. The summed E-state index contributed by atoms with van der Waals surface area (Å²) >= 11 is 0. The summed E-state index contributed by atoms with van der Waals surface area (Å²) in [5.41, 5.74) is 0.424. The molecule has 2 heterocycles. The van der Waals surface area contributed by atoms with Crippen molar-refractivity contribution in [3.8, 4) is 0 Å². The number of hydrogen-bond acceptors (Lipinski definition) is 4. The minimum Gasteiger partial charge on any atom is -0.408 e. The van der Waals surface area contributed by atoms with E-state index in [1.54, 1.807) is 18.2 Å². The molecule has 2 aromatic carbocycles. The van der Waals surface area contributed by atoms with Crippen molar-refractivity contribution in [2.24, 2.45) is 0 Å². The van der Waals surface area contributed by atoms with Crippen LogP contribution in [0.3, 0.4) is 0 Å². The van der Waals surface area contributed by atoms with Crippen LogP contribution in [0.25, 0.3) is 11.1 Å². The molecule has 0 spiro atoms. The van der Waals surface area contributed by atoms with Gasteiger partial charge in [-0.1, -0.05) is 12.1 Å². The van der Waals surface area contributed by atoms with Crippen LogP contribution in [0.5, 0.6) is 0 Å². The van der Waals surface area contributed by atoms with Gasteiger partial charge in [-0.25, -0.2) is 4.79 Å². The first-order valence-electron chi connectivity index (χ1n) is 8.20. The van der Waals surface area contributed by atoms with Gasteiger partial charge in [0.05, 0.1) is 16.8 Å². The summed E-state index contributed by atoms with van der Waals surface area (Å²) in [5.74, 6) is -1.03. The van der Waals surface area contributed by atoms with Gasteiger partial charge in [0.2, 0.25) is 5.91 Å². The van der Waals surface area contributed by atoms with Crippen LogP contribution < -0.4 is 16.0 Å². The maximum absolute atomic E-state index is 13.2. The van der Waals surface area contributed by atoms with Crippen molar-refractivity contribution in [2.45, 2.75) is 18.6 Å². The van der Waals surface area contributed by atoms with E-state index in [1.807, 2.05) is 0 Å². The van der Waals surface area contributed by atoms with Gasteiger partial charge in [0.1, 0.15) is 6.04 Å². The molecule has 9 heteroatoms. The molecule has 0 aliphatic carbocycles. The van der Waals surface area contributed by atoms with Crippen LogP contribution in [-0.2, 0) is 11.0 Å². The molecule has 6 nitrogen and oxygen atoms in total. The van der Waals surface area contributed by atoms with Crippen LogP contribution in [0.2, 0.25) is 0 Å². The molecule has 1 unspecified atom stereocenters. The largest absolute Gasteiger partial charge is 0.418 e. The number of carbonyl (C=O) groups is 1. The first kappa shape index (κ1) is 17.2. The average Bonchev–Trinajstić information content (AvgIpc) is 3.16. The Balaban J connectivity index is 1.58. The van der Waals surface area contributed by atoms with E-state index < -0.39 is 29.4 Å². The first-order valence-corrected chi connectivity index (χ1v) is 8.20. The number of para-hydroxylation sites is 1. The number of oxazole rings is 1. The van der Waals surface area contributed by atoms with Crippen LogP contribution in [-0.4, -0.2) is 23.5 Å². The van der Waals surface area contributed by atoms with Gasteiger partial charge in [-0.2, -0.15) is 13.2 Å². The molecule has 140 valence electrons. The van der Waals surface area contributed by atoms with Gasteiger partial charge in [0.25, 0.3) is 0 Å². The average molecular weight is 377 g/mol. The Morgan fingerprint density at radius 1 is 1.15 bits per heavy atom. The fourth-order valence-electron chi connectivity index (χ4n) is 3.24. The number of hydrogen-bond donors (Lipinski definition) is 2. The van der Waals surface area contributed by atoms with Crippen LogP contribution in [0.15, 0.2) is 51.7 Å². The monoisotopic (exact) mass is 377 g/mol. The van der Waals surface area contributed by atoms with Gasteiger partial charge in [-0.15, -0.1) is 0 Å². The number of aromatic nitrogens is 1. The molecule has 4 rings (SSSR count). The summed E-state index contributed by atoms with van der Waals surface area (Å²) in [6, 6.07) is 9.19. The predicted octanol–water partition coefficient (Wildman–Crippen LogP) is 3.36. The molecule has 3 aromatic rings. The Kier molecular flexibility index (Phi) is 3.94.